The van der Waals surface area contributed by atoms with E-state index >= 15 is 0 Å². The lowest BCUT2D eigenvalue weighted by Gasteiger charge is -2.11. The highest BCUT2D eigenvalue weighted by Crippen LogP contribution is 2.31. The number of ether oxygens (including phenoxy) is 1. The largest absolute Gasteiger partial charge is 0.493 e. The van der Waals surface area contributed by atoms with Gasteiger partial charge < -0.3 is 4.74 Å². The number of para-hydroxylation sites is 1. The van der Waals surface area contributed by atoms with Crippen molar-refractivity contribution in [1.82, 2.24) is 4.98 Å². The zero-order chi connectivity index (χ0) is 12.1. The van der Waals surface area contributed by atoms with Crippen molar-refractivity contribution in [3.8, 4) is 16.9 Å². The van der Waals surface area contributed by atoms with Gasteiger partial charge in [-0.3, -0.25) is 9.78 Å². The summed E-state index contributed by atoms with van der Waals surface area (Å²) in [4.78, 5) is 14.9. The fourth-order valence-corrected chi connectivity index (χ4v) is 1.72. The minimum atomic E-state index is 0.569. The van der Waals surface area contributed by atoms with Gasteiger partial charge in [-0.2, -0.15) is 0 Å². The number of benzene rings is 1. The Balaban J connectivity index is 2.55. The second kappa shape index (κ2) is 5.25. The van der Waals surface area contributed by atoms with Crippen LogP contribution in [0.1, 0.15) is 17.3 Å². The summed E-state index contributed by atoms with van der Waals surface area (Å²) in [7, 11) is 0. The van der Waals surface area contributed by atoms with Crippen LogP contribution in [0.25, 0.3) is 11.1 Å². The summed E-state index contributed by atoms with van der Waals surface area (Å²) < 4.78 is 5.55. The van der Waals surface area contributed by atoms with Gasteiger partial charge in [0, 0.05) is 23.5 Å². The van der Waals surface area contributed by atoms with E-state index in [-0.39, 0.29) is 0 Å². The molecule has 0 amide bonds. The number of aldehydes is 1. The Morgan fingerprint density at radius 1 is 1.24 bits per heavy atom. The van der Waals surface area contributed by atoms with Gasteiger partial charge in [0.2, 0.25) is 0 Å². The summed E-state index contributed by atoms with van der Waals surface area (Å²) in [5.41, 5.74) is 2.33. The molecule has 0 aliphatic rings. The maximum Gasteiger partial charge on any atom is 0.152 e. The first-order valence-electron chi connectivity index (χ1n) is 5.48. The fraction of sp³-hybridized carbons (Fsp3) is 0.143. The Morgan fingerprint density at radius 2 is 2.06 bits per heavy atom. The average molecular weight is 227 g/mol. The molecular formula is C14H13NO2. The molecule has 2 aromatic rings. The smallest absolute Gasteiger partial charge is 0.152 e. The van der Waals surface area contributed by atoms with Gasteiger partial charge in [0.25, 0.3) is 0 Å². The van der Waals surface area contributed by atoms with E-state index in [9.17, 15) is 4.79 Å². The summed E-state index contributed by atoms with van der Waals surface area (Å²) >= 11 is 0. The van der Waals surface area contributed by atoms with E-state index in [0.29, 0.717) is 12.2 Å². The molecule has 0 fully saturated rings. The summed E-state index contributed by atoms with van der Waals surface area (Å²) in [6.45, 7) is 2.53. The van der Waals surface area contributed by atoms with Crippen molar-refractivity contribution >= 4 is 6.29 Å². The van der Waals surface area contributed by atoms with Gasteiger partial charge in [-0.05, 0) is 24.6 Å². The standard InChI is InChI=1S/C14H13NO2/c1-2-17-14-6-4-3-5-13(14)12-7-8-15-9-11(12)10-16/h3-10H,2H2,1H3. The molecule has 3 heteroatoms. The van der Waals surface area contributed by atoms with Crippen LogP contribution in [-0.2, 0) is 0 Å². The van der Waals surface area contributed by atoms with Crippen molar-refractivity contribution in [3.05, 3.63) is 48.3 Å². The number of aromatic nitrogens is 1. The molecule has 0 N–H and O–H groups in total. The average Bonchev–Trinajstić information content (AvgIpc) is 2.40. The van der Waals surface area contributed by atoms with Crippen molar-refractivity contribution in [3.63, 3.8) is 0 Å². The molecule has 0 bridgehead atoms. The monoisotopic (exact) mass is 227 g/mol. The molecule has 3 nitrogen and oxygen atoms in total. The number of carbonyl (C=O) groups is 1. The molecule has 0 aliphatic carbocycles. The maximum atomic E-state index is 11.0. The first-order chi connectivity index (χ1) is 8.36. The number of pyridine rings is 1. The number of nitrogens with zero attached hydrogens (tertiary/aromatic N) is 1. The van der Waals surface area contributed by atoms with Crippen LogP contribution in [0.5, 0.6) is 5.75 Å². The molecule has 0 aliphatic heterocycles. The Bertz CT molecular complexity index is 523. The fourth-order valence-electron chi connectivity index (χ4n) is 1.72. The summed E-state index contributed by atoms with van der Waals surface area (Å²) in [5.74, 6) is 0.782. The van der Waals surface area contributed by atoms with Crippen LogP contribution < -0.4 is 4.74 Å². The highest BCUT2D eigenvalue weighted by Gasteiger charge is 2.09. The normalized spacial score (nSPS) is 9.94. The number of rotatable bonds is 4. The van der Waals surface area contributed by atoms with E-state index in [1.807, 2.05) is 37.3 Å². The van der Waals surface area contributed by atoms with Crippen LogP contribution in [-0.4, -0.2) is 17.9 Å². The van der Waals surface area contributed by atoms with Crippen molar-refractivity contribution in [1.29, 1.82) is 0 Å². The van der Waals surface area contributed by atoms with E-state index in [1.54, 1.807) is 12.4 Å². The lowest BCUT2D eigenvalue weighted by molar-refractivity contribution is 0.112. The third-order valence-corrected chi connectivity index (χ3v) is 2.46. The first kappa shape index (κ1) is 11.3. The predicted octanol–water partition coefficient (Wildman–Crippen LogP) is 2.96. The van der Waals surface area contributed by atoms with Crippen molar-refractivity contribution in [2.24, 2.45) is 0 Å². The Labute approximate surface area is 100 Å². The van der Waals surface area contributed by atoms with Gasteiger partial charge in [0.05, 0.1) is 6.61 Å². The molecule has 0 saturated carbocycles. The summed E-state index contributed by atoms with van der Waals surface area (Å²) in [5, 5.41) is 0. The van der Waals surface area contributed by atoms with Gasteiger partial charge in [0.15, 0.2) is 6.29 Å². The molecular weight excluding hydrogens is 214 g/mol. The summed E-state index contributed by atoms with van der Waals surface area (Å²) in [6.07, 6.45) is 4.04. The minimum Gasteiger partial charge on any atom is -0.493 e. The molecule has 17 heavy (non-hydrogen) atoms. The van der Waals surface area contributed by atoms with E-state index in [0.717, 1.165) is 23.2 Å². The van der Waals surface area contributed by atoms with Crippen LogP contribution in [0.15, 0.2) is 42.7 Å². The molecule has 0 atom stereocenters. The van der Waals surface area contributed by atoms with Crippen molar-refractivity contribution in [2.45, 2.75) is 6.92 Å². The first-order valence-corrected chi connectivity index (χ1v) is 5.48. The van der Waals surface area contributed by atoms with E-state index < -0.39 is 0 Å². The van der Waals surface area contributed by atoms with Crippen LogP contribution >= 0.6 is 0 Å². The van der Waals surface area contributed by atoms with Crippen molar-refractivity contribution < 1.29 is 9.53 Å². The van der Waals surface area contributed by atoms with Gasteiger partial charge in [-0.1, -0.05) is 18.2 Å². The second-order valence-electron chi connectivity index (χ2n) is 3.51. The zero-order valence-corrected chi connectivity index (χ0v) is 9.59. The van der Waals surface area contributed by atoms with E-state index in [2.05, 4.69) is 4.98 Å². The Morgan fingerprint density at radius 3 is 2.82 bits per heavy atom. The van der Waals surface area contributed by atoms with Gasteiger partial charge in [0.1, 0.15) is 5.75 Å². The van der Waals surface area contributed by atoms with Crippen LogP contribution in [0.2, 0.25) is 0 Å². The molecule has 0 spiro atoms. The topological polar surface area (TPSA) is 39.2 Å². The number of carbonyl (C=O) groups excluding carboxylic acids is 1. The lowest BCUT2D eigenvalue weighted by Crippen LogP contribution is -1.96. The van der Waals surface area contributed by atoms with Gasteiger partial charge in [-0.25, -0.2) is 0 Å². The van der Waals surface area contributed by atoms with Gasteiger partial charge in [-0.15, -0.1) is 0 Å². The molecule has 86 valence electrons. The quantitative estimate of drug-likeness (QED) is 0.754. The highest BCUT2D eigenvalue weighted by molar-refractivity contribution is 5.88. The maximum absolute atomic E-state index is 11.0. The Kier molecular flexibility index (Phi) is 3.50. The van der Waals surface area contributed by atoms with Crippen LogP contribution in [0.3, 0.4) is 0 Å². The number of hydrogen-bond donors (Lipinski definition) is 0. The van der Waals surface area contributed by atoms with Crippen molar-refractivity contribution in [2.75, 3.05) is 6.61 Å². The van der Waals surface area contributed by atoms with Crippen LogP contribution in [0, 0.1) is 0 Å². The molecule has 1 aromatic carbocycles. The third kappa shape index (κ3) is 2.33. The lowest BCUT2D eigenvalue weighted by atomic mass is 10.0. The van der Waals surface area contributed by atoms with E-state index in [1.165, 1.54) is 0 Å². The molecule has 0 unspecified atom stereocenters. The number of hydrogen-bond acceptors (Lipinski definition) is 3. The third-order valence-electron chi connectivity index (χ3n) is 2.46. The van der Waals surface area contributed by atoms with Crippen LogP contribution in [0.4, 0.5) is 0 Å². The molecule has 1 heterocycles. The zero-order valence-electron chi connectivity index (χ0n) is 9.59. The van der Waals surface area contributed by atoms with E-state index in [4.69, 9.17) is 4.74 Å². The molecule has 2 rings (SSSR count). The molecule has 0 radical (unpaired) electrons. The SMILES string of the molecule is CCOc1ccccc1-c1ccncc1C=O. The molecule has 1 aromatic heterocycles. The highest BCUT2D eigenvalue weighted by atomic mass is 16.5. The summed E-state index contributed by atoms with van der Waals surface area (Å²) in [6, 6.07) is 9.49. The molecule has 0 saturated heterocycles. The minimum absolute atomic E-state index is 0.569. The Hall–Kier alpha value is -2.16. The van der Waals surface area contributed by atoms with Gasteiger partial charge >= 0.3 is 0 Å². The predicted molar refractivity (Wildman–Crippen MR) is 66.2 cm³/mol. The second-order valence-corrected chi connectivity index (χ2v) is 3.51.